The summed E-state index contributed by atoms with van der Waals surface area (Å²) in [6, 6.07) is 7.26. The van der Waals surface area contributed by atoms with E-state index in [2.05, 4.69) is 0 Å². The lowest BCUT2D eigenvalue weighted by Gasteiger charge is -2.09. The Morgan fingerprint density at radius 2 is 1.90 bits per heavy atom. The summed E-state index contributed by atoms with van der Waals surface area (Å²) in [4.78, 5) is 23.3. The first kappa shape index (κ1) is 16.7. The molecule has 1 rings (SSSR count). The predicted molar refractivity (Wildman–Crippen MR) is 76.7 cm³/mol. The van der Waals surface area contributed by atoms with Crippen LogP contribution < -0.4 is 0 Å². The second-order valence-corrected chi connectivity index (χ2v) is 4.35. The summed E-state index contributed by atoms with van der Waals surface area (Å²) in [6.45, 7) is 4.12. The highest BCUT2D eigenvalue weighted by molar-refractivity contribution is 5.91. The van der Waals surface area contributed by atoms with E-state index in [0.717, 1.165) is 5.56 Å². The van der Waals surface area contributed by atoms with Crippen LogP contribution in [-0.2, 0) is 27.1 Å². The fourth-order valence-corrected chi connectivity index (χ4v) is 1.90. The van der Waals surface area contributed by atoms with Gasteiger partial charge in [0, 0.05) is 6.42 Å². The van der Waals surface area contributed by atoms with E-state index in [-0.39, 0.29) is 25.4 Å². The van der Waals surface area contributed by atoms with Crippen molar-refractivity contribution in [1.29, 1.82) is 5.26 Å². The molecular weight excluding hydrogens is 270 g/mol. The lowest BCUT2D eigenvalue weighted by atomic mass is 9.99. The molecule has 0 unspecified atom stereocenters. The molecule has 0 amide bonds. The number of benzene rings is 1. The summed E-state index contributed by atoms with van der Waals surface area (Å²) in [5, 5.41) is 8.80. The number of hydrogen-bond donors (Lipinski definition) is 0. The molecule has 0 saturated heterocycles. The monoisotopic (exact) mass is 289 g/mol. The second-order valence-electron chi connectivity index (χ2n) is 4.35. The summed E-state index contributed by atoms with van der Waals surface area (Å²) >= 11 is 0. The Labute approximate surface area is 124 Å². The van der Waals surface area contributed by atoms with Gasteiger partial charge in [0.15, 0.2) is 0 Å². The predicted octanol–water partition coefficient (Wildman–Crippen LogP) is 2.43. The number of aryl methyl sites for hydroxylation is 1. The van der Waals surface area contributed by atoms with Crippen molar-refractivity contribution < 1.29 is 19.1 Å². The molecule has 21 heavy (non-hydrogen) atoms. The van der Waals surface area contributed by atoms with Crippen molar-refractivity contribution in [2.75, 3.05) is 13.2 Å². The van der Waals surface area contributed by atoms with Crippen LogP contribution in [0.25, 0.3) is 0 Å². The summed E-state index contributed by atoms with van der Waals surface area (Å²) in [7, 11) is 0. The lowest BCUT2D eigenvalue weighted by Crippen LogP contribution is -2.10. The average Bonchev–Trinajstić information content (AvgIpc) is 2.47. The molecule has 5 heteroatoms. The molecule has 0 N–H and O–H groups in total. The van der Waals surface area contributed by atoms with Crippen LogP contribution in [0, 0.1) is 11.3 Å². The molecule has 0 fully saturated rings. The lowest BCUT2D eigenvalue weighted by molar-refractivity contribution is -0.143. The molecule has 0 radical (unpaired) electrons. The van der Waals surface area contributed by atoms with Crippen LogP contribution in [0.1, 0.15) is 41.8 Å². The molecule has 0 aliphatic rings. The molecule has 0 aromatic heterocycles. The quantitative estimate of drug-likeness (QED) is 0.720. The van der Waals surface area contributed by atoms with Crippen LogP contribution in [0.15, 0.2) is 18.2 Å². The number of carbonyl (C=O) groups excluding carboxylic acids is 2. The van der Waals surface area contributed by atoms with Crippen molar-refractivity contribution in [2.45, 2.75) is 33.1 Å². The van der Waals surface area contributed by atoms with E-state index < -0.39 is 5.97 Å². The summed E-state index contributed by atoms with van der Waals surface area (Å²) in [5.74, 6) is -0.711. The third kappa shape index (κ3) is 5.27. The zero-order chi connectivity index (χ0) is 15.7. The van der Waals surface area contributed by atoms with Gasteiger partial charge in [0.1, 0.15) is 0 Å². The summed E-state index contributed by atoms with van der Waals surface area (Å²) in [6.07, 6.45) is 0.887. The normalized spacial score (nSPS) is 9.76. The van der Waals surface area contributed by atoms with Gasteiger partial charge in [-0.15, -0.1) is 0 Å². The highest BCUT2D eigenvalue weighted by Crippen LogP contribution is 2.16. The number of ether oxygens (including phenoxy) is 2. The molecule has 112 valence electrons. The molecule has 0 bridgehead atoms. The molecule has 1 aromatic rings. The zero-order valence-electron chi connectivity index (χ0n) is 12.3. The highest BCUT2D eigenvalue weighted by Gasteiger charge is 2.14. The topological polar surface area (TPSA) is 76.4 Å². The second kappa shape index (κ2) is 8.75. The van der Waals surface area contributed by atoms with Gasteiger partial charge in [0.2, 0.25) is 0 Å². The van der Waals surface area contributed by atoms with Crippen molar-refractivity contribution in [2.24, 2.45) is 0 Å². The number of esters is 2. The number of nitriles is 1. The van der Waals surface area contributed by atoms with Crippen molar-refractivity contribution in [3.8, 4) is 6.07 Å². The minimum atomic E-state index is -0.444. The van der Waals surface area contributed by atoms with Gasteiger partial charge in [-0.1, -0.05) is 12.1 Å². The Morgan fingerprint density at radius 1 is 1.19 bits per heavy atom. The molecule has 5 nitrogen and oxygen atoms in total. The molecule has 0 aliphatic carbocycles. The average molecular weight is 289 g/mol. The largest absolute Gasteiger partial charge is 0.466 e. The maximum absolute atomic E-state index is 11.9. The maximum Gasteiger partial charge on any atom is 0.338 e. The molecule has 0 atom stereocenters. The number of nitrogens with zero attached hydrogens (tertiary/aromatic N) is 1. The molecule has 0 aliphatic heterocycles. The first-order valence-electron chi connectivity index (χ1n) is 6.93. The standard InChI is InChI=1S/C16H19NO4/c1-3-20-15(18)8-6-12-5-7-13(9-10-17)14(11-12)16(19)21-4-2/h5,7,11H,3-4,6,8-9H2,1-2H3. The SMILES string of the molecule is CCOC(=O)CCc1ccc(CC#N)c(C(=O)OCC)c1. The first-order chi connectivity index (χ1) is 10.1. The fraction of sp³-hybridized carbons (Fsp3) is 0.438. The van der Waals surface area contributed by atoms with Crippen LogP contribution >= 0.6 is 0 Å². The first-order valence-corrected chi connectivity index (χ1v) is 6.93. The van der Waals surface area contributed by atoms with E-state index in [1.165, 1.54) is 0 Å². The zero-order valence-corrected chi connectivity index (χ0v) is 12.3. The summed E-state index contributed by atoms with van der Waals surface area (Å²) in [5.41, 5.74) is 1.86. The van der Waals surface area contributed by atoms with Crippen LogP contribution in [0.4, 0.5) is 0 Å². The smallest absolute Gasteiger partial charge is 0.338 e. The Balaban J connectivity index is 2.88. The highest BCUT2D eigenvalue weighted by atomic mass is 16.5. The third-order valence-electron chi connectivity index (χ3n) is 2.86. The number of rotatable bonds is 7. The molecule has 1 aromatic carbocycles. The van der Waals surface area contributed by atoms with Gasteiger partial charge >= 0.3 is 11.9 Å². The van der Waals surface area contributed by atoms with E-state index >= 15 is 0 Å². The third-order valence-corrected chi connectivity index (χ3v) is 2.86. The van der Waals surface area contributed by atoms with Crippen LogP contribution in [0.3, 0.4) is 0 Å². The van der Waals surface area contributed by atoms with E-state index in [4.69, 9.17) is 14.7 Å². The molecule has 0 saturated carbocycles. The molecule has 0 spiro atoms. The molecular formula is C16H19NO4. The Kier molecular flexibility index (Phi) is 6.96. The Bertz CT molecular complexity index is 546. The number of carbonyl (C=O) groups is 2. The van der Waals surface area contributed by atoms with Crippen LogP contribution in [-0.4, -0.2) is 25.2 Å². The van der Waals surface area contributed by atoms with Gasteiger partial charge in [-0.2, -0.15) is 5.26 Å². The van der Waals surface area contributed by atoms with Gasteiger partial charge in [-0.3, -0.25) is 4.79 Å². The van der Waals surface area contributed by atoms with E-state index in [1.807, 2.05) is 12.1 Å². The van der Waals surface area contributed by atoms with Gasteiger partial charge < -0.3 is 9.47 Å². The number of hydrogen-bond acceptors (Lipinski definition) is 5. The summed E-state index contributed by atoms with van der Waals surface area (Å²) < 4.78 is 9.86. The van der Waals surface area contributed by atoms with Crippen molar-refractivity contribution >= 4 is 11.9 Å². The van der Waals surface area contributed by atoms with E-state index in [0.29, 0.717) is 24.2 Å². The van der Waals surface area contributed by atoms with Gasteiger partial charge in [-0.05, 0) is 37.5 Å². The van der Waals surface area contributed by atoms with Crippen molar-refractivity contribution in [3.63, 3.8) is 0 Å². The minimum Gasteiger partial charge on any atom is -0.466 e. The Hall–Kier alpha value is -2.35. The minimum absolute atomic E-state index is 0.145. The van der Waals surface area contributed by atoms with Crippen molar-refractivity contribution in [3.05, 3.63) is 34.9 Å². The van der Waals surface area contributed by atoms with Gasteiger partial charge in [-0.25, -0.2) is 4.79 Å². The van der Waals surface area contributed by atoms with Crippen molar-refractivity contribution in [1.82, 2.24) is 0 Å². The fourth-order valence-electron chi connectivity index (χ4n) is 1.90. The molecule has 0 heterocycles. The maximum atomic E-state index is 11.9. The van der Waals surface area contributed by atoms with E-state index in [1.54, 1.807) is 26.0 Å². The van der Waals surface area contributed by atoms with E-state index in [9.17, 15) is 9.59 Å². The Morgan fingerprint density at radius 3 is 2.52 bits per heavy atom. The van der Waals surface area contributed by atoms with Gasteiger partial charge in [0.05, 0.1) is 31.3 Å². The van der Waals surface area contributed by atoms with Crippen LogP contribution in [0.2, 0.25) is 0 Å². The van der Waals surface area contributed by atoms with Gasteiger partial charge in [0.25, 0.3) is 0 Å². The van der Waals surface area contributed by atoms with Crippen LogP contribution in [0.5, 0.6) is 0 Å².